The van der Waals surface area contributed by atoms with E-state index in [4.69, 9.17) is 21.1 Å². The highest BCUT2D eigenvalue weighted by molar-refractivity contribution is 8.00. The Morgan fingerprint density at radius 2 is 2.00 bits per heavy atom. The van der Waals surface area contributed by atoms with Crippen LogP contribution in [-0.2, 0) is 46.4 Å². The summed E-state index contributed by atoms with van der Waals surface area (Å²) in [5.74, 6) is -3.84. The number of amides is 2. The maximum atomic E-state index is 12.8. The van der Waals surface area contributed by atoms with Gasteiger partial charge >= 0.3 is 23.7 Å². The molecule has 2 amide bonds. The number of nitrogens with one attached hydrogen (secondary N) is 1. The van der Waals surface area contributed by atoms with E-state index in [0.717, 1.165) is 16.0 Å². The molecule has 0 aliphatic carbocycles. The van der Waals surface area contributed by atoms with Crippen LogP contribution >= 0.6 is 34.7 Å². The normalized spacial score (nSPS) is 18.2. The van der Waals surface area contributed by atoms with E-state index in [9.17, 15) is 39.2 Å². The van der Waals surface area contributed by atoms with Crippen LogP contribution < -0.4 is 5.32 Å². The van der Waals surface area contributed by atoms with Gasteiger partial charge < -0.3 is 30.0 Å². The minimum Gasteiger partial charge on any atom is -0.477 e. The second kappa shape index (κ2) is 14.7. The molecule has 2 N–H and O–H groups in total. The molecule has 1 saturated heterocycles. The SMILES string of the molecule is Cc1ncc([N+](=O)[O-])n1CC(CCl)COC(=O)CCC(=O)OCC1=C(C(=O)O)N2C(=O)[C@@H](NC(=O)Cc3cccs3)[C@H]2SC1. The van der Waals surface area contributed by atoms with Crippen molar-refractivity contribution in [2.45, 2.75) is 44.1 Å². The van der Waals surface area contributed by atoms with Crippen molar-refractivity contribution in [1.29, 1.82) is 0 Å². The highest BCUT2D eigenvalue weighted by atomic mass is 35.5. The zero-order chi connectivity index (χ0) is 32.0. The zero-order valence-electron chi connectivity index (χ0n) is 23.3. The molecule has 15 nitrogen and oxygen atoms in total. The van der Waals surface area contributed by atoms with Crippen molar-refractivity contribution in [2.75, 3.05) is 24.8 Å². The van der Waals surface area contributed by atoms with Crippen LogP contribution in [0.4, 0.5) is 5.82 Å². The molecule has 1 fully saturated rings. The Morgan fingerprint density at radius 1 is 1.27 bits per heavy atom. The number of hydrogen-bond acceptors (Lipinski definition) is 12. The van der Waals surface area contributed by atoms with E-state index in [-0.39, 0.29) is 67.0 Å². The molecular weight excluding hydrogens is 642 g/mol. The van der Waals surface area contributed by atoms with Gasteiger partial charge in [0.1, 0.15) is 29.9 Å². The number of carboxylic acids is 1. The van der Waals surface area contributed by atoms with Crippen LogP contribution in [0.5, 0.6) is 0 Å². The van der Waals surface area contributed by atoms with E-state index in [1.165, 1.54) is 27.7 Å². The number of thioether (sulfide) groups is 1. The molecule has 0 aromatic carbocycles. The second-order valence-corrected chi connectivity index (χ2v) is 12.3. The number of rotatable bonds is 15. The lowest BCUT2D eigenvalue weighted by Gasteiger charge is -2.49. The van der Waals surface area contributed by atoms with Crippen LogP contribution in [0.25, 0.3) is 0 Å². The fourth-order valence-electron chi connectivity index (χ4n) is 4.55. The Labute approximate surface area is 263 Å². The standard InChI is InChI=1S/C26H28ClN5O10S2/c1-14-28-9-19(32(39)40)30(14)10-15(8-27)11-41-20(34)4-5-21(35)42-12-16-13-44-25-22(24(36)31(25)23(16)26(37)38)29-18(33)7-17-3-2-6-43-17/h2-3,6,9,15,22,25H,4-5,7-8,10-13H2,1H3,(H,29,33)(H,37,38)/t15?,22-,25-/m1/s1. The average Bonchev–Trinajstić information content (AvgIpc) is 3.64. The Kier molecular flexibility index (Phi) is 11.0. The van der Waals surface area contributed by atoms with E-state index in [2.05, 4.69) is 10.3 Å². The minimum atomic E-state index is -1.37. The first kappa shape index (κ1) is 32.9. The van der Waals surface area contributed by atoms with E-state index in [1.54, 1.807) is 13.0 Å². The lowest BCUT2D eigenvalue weighted by molar-refractivity contribution is -0.392. The Morgan fingerprint density at radius 3 is 2.64 bits per heavy atom. The van der Waals surface area contributed by atoms with Crippen molar-refractivity contribution < 1.29 is 43.5 Å². The second-order valence-electron chi connectivity index (χ2n) is 9.86. The van der Waals surface area contributed by atoms with Crippen LogP contribution in [0.3, 0.4) is 0 Å². The van der Waals surface area contributed by atoms with Gasteiger partial charge in [-0.15, -0.1) is 34.7 Å². The van der Waals surface area contributed by atoms with Gasteiger partial charge in [-0.05, 0) is 16.4 Å². The number of aromatic nitrogens is 2. The highest BCUT2D eigenvalue weighted by Gasteiger charge is 2.54. The number of ether oxygens (including phenoxy) is 2. The summed E-state index contributed by atoms with van der Waals surface area (Å²) < 4.78 is 11.7. The monoisotopic (exact) mass is 669 g/mol. The van der Waals surface area contributed by atoms with E-state index < -0.39 is 52.7 Å². The molecule has 2 aliphatic heterocycles. The number of carboxylic acid groups (broad SMARTS) is 1. The summed E-state index contributed by atoms with van der Waals surface area (Å²) >= 11 is 8.61. The van der Waals surface area contributed by atoms with Gasteiger partial charge in [0.2, 0.25) is 5.91 Å². The number of alkyl halides is 1. The molecule has 2 aromatic rings. The van der Waals surface area contributed by atoms with Crippen molar-refractivity contribution in [3.8, 4) is 0 Å². The van der Waals surface area contributed by atoms with Gasteiger partial charge in [0.25, 0.3) is 5.91 Å². The number of fused-ring (bicyclic) bond motifs is 1. The molecule has 0 radical (unpaired) electrons. The highest BCUT2D eigenvalue weighted by Crippen LogP contribution is 2.40. The molecule has 236 valence electrons. The summed E-state index contributed by atoms with van der Waals surface area (Å²) in [4.78, 5) is 78.2. The molecule has 0 saturated carbocycles. The van der Waals surface area contributed by atoms with E-state index >= 15 is 0 Å². The van der Waals surface area contributed by atoms with Gasteiger partial charge in [0, 0.05) is 34.9 Å². The summed E-state index contributed by atoms with van der Waals surface area (Å²) in [6, 6.07) is 2.75. The van der Waals surface area contributed by atoms with E-state index in [1.807, 2.05) is 11.4 Å². The third-order valence-electron chi connectivity index (χ3n) is 6.78. The largest absolute Gasteiger partial charge is 0.477 e. The maximum Gasteiger partial charge on any atom is 0.352 e. The summed E-state index contributed by atoms with van der Waals surface area (Å²) in [5.41, 5.74) is -0.0876. The summed E-state index contributed by atoms with van der Waals surface area (Å²) in [6.07, 6.45) is 0.572. The fourth-order valence-corrected chi connectivity index (χ4v) is 6.77. The minimum absolute atomic E-state index is 0.0474. The van der Waals surface area contributed by atoms with Gasteiger partial charge in [-0.25, -0.2) is 14.3 Å². The number of β-lactam (4-membered cyclic amide) rings is 1. The van der Waals surface area contributed by atoms with Crippen molar-refractivity contribution in [2.24, 2.45) is 5.92 Å². The zero-order valence-corrected chi connectivity index (χ0v) is 25.7. The number of imidazole rings is 1. The number of nitro groups is 1. The van der Waals surface area contributed by atoms with Crippen molar-refractivity contribution in [1.82, 2.24) is 19.8 Å². The van der Waals surface area contributed by atoms with Crippen LogP contribution in [0.15, 0.2) is 35.0 Å². The number of halogens is 1. The van der Waals surface area contributed by atoms with Crippen LogP contribution in [0.1, 0.15) is 23.5 Å². The first-order valence-electron chi connectivity index (χ1n) is 13.3. The molecule has 1 unspecified atom stereocenters. The molecule has 44 heavy (non-hydrogen) atoms. The molecule has 3 atom stereocenters. The molecule has 18 heteroatoms. The molecule has 0 bridgehead atoms. The summed E-state index contributed by atoms with van der Waals surface area (Å²) in [6.45, 7) is 1.16. The Hall–Kier alpha value is -3.96. The topological polar surface area (TPSA) is 200 Å². The van der Waals surface area contributed by atoms with E-state index in [0.29, 0.717) is 5.82 Å². The average molecular weight is 670 g/mol. The number of aliphatic carboxylic acids is 1. The van der Waals surface area contributed by atoms with Crippen LogP contribution in [-0.4, -0.2) is 90.5 Å². The first-order valence-corrected chi connectivity index (χ1v) is 15.7. The lowest BCUT2D eigenvalue weighted by Crippen LogP contribution is -2.70. The van der Waals surface area contributed by atoms with Crippen molar-refractivity contribution in [3.05, 3.63) is 55.8 Å². The van der Waals surface area contributed by atoms with Gasteiger partial charge in [0.15, 0.2) is 5.82 Å². The molecule has 2 aromatic heterocycles. The van der Waals surface area contributed by atoms with Crippen molar-refractivity contribution >= 4 is 70.2 Å². The number of thiophene rings is 1. The molecule has 2 aliphatic rings. The van der Waals surface area contributed by atoms with Crippen LogP contribution in [0, 0.1) is 23.0 Å². The van der Waals surface area contributed by atoms with Gasteiger partial charge in [-0.1, -0.05) is 6.07 Å². The first-order chi connectivity index (χ1) is 21.0. The Bertz CT molecular complexity index is 1480. The van der Waals surface area contributed by atoms with Gasteiger partial charge in [-0.2, -0.15) is 0 Å². The van der Waals surface area contributed by atoms with Crippen molar-refractivity contribution in [3.63, 3.8) is 0 Å². The predicted octanol–water partition coefficient (Wildman–Crippen LogP) is 1.86. The summed E-state index contributed by atoms with van der Waals surface area (Å²) in [7, 11) is 0. The summed E-state index contributed by atoms with van der Waals surface area (Å²) in [5, 5.41) is 24.9. The van der Waals surface area contributed by atoms with Gasteiger partial charge in [0.05, 0.1) is 32.4 Å². The maximum absolute atomic E-state index is 12.8. The number of esters is 2. The molecule has 0 spiro atoms. The third kappa shape index (κ3) is 7.75. The number of hydrogen-bond donors (Lipinski definition) is 2. The molecule has 4 heterocycles. The molecule has 4 rings (SSSR count). The number of carbonyl (C=O) groups excluding carboxylic acids is 4. The number of carbonyl (C=O) groups is 5. The Balaban J connectivity index is 1.23. The third-order valence-corrected chi connectivity index (χ3v) is 9.43. The predicted molar refractivity (Wildman–Crippen MR) is 157 cm³/mol. The number of nitrogens with zero attached hydrogens (tertiary/aromatic N) is 4. The smallest absolute Gasteiger partial charge is 0.352 e. The number of aryl methyl sites for hydroxylation is 1. The van der Waals surface area contributed by atoms with Gasteiger partial charge in [-0.3, -0.25) is 24.1 Å². The quantitative estimate of drug-likeness (QED) is 0.0918. The molecular formula is C26H28ClN5O10S2. The van der Waals surface area contributed by atoms with Crippen LogP contribution in [0.2, 0.25) is 0 Å². The lowest BCUT2D eigenvalue weighted by atomic mass is 10.0. The fraction of sp³-hybridized carbons (Fsp3) is 0.462.